The van der Waals surface area contributed by atoms with E-state index in [1.54, 1.807) is 0 Å². The molecule has 0 amide bonds. The lowest BCUT2D eigenvalue weighted by molar-refractivity contribution is -0.107. The average Bonchev–Trinajstić information content (AvgIpc) is 3.33. The molecule has 2 saturated carbocycles. The number of carbonyl (C=O) groups excluding carboxylic acids is 1. The van der Waals surface area contributed by atoms with Crippen molar-refractivity contribution >= 4 is 18.0 Å². The van der Waals surface area contributed by atoms with Gasteiger partial charge in [-0.1, -0.05) is 38.2 Å². The second kappa shape index (κ2) is 11.7. The van der Waals surface area contributed by atoms with E-state index < -0.39 is 0 Å². The molecule has 4 nitrogen and oxygen atoms in total. The quantitative estimate of drug-likeness (QED) is 0.301. The van der Waals surface area contributed by atoms with Gasteiger partial charge in [-0.3, -0.25) is 0 Å². The molecule has 2 N–H and O–H groups in total. The maximum atomic E-state index is 11.0. The van der Waals surface area contributed by atoms with Crippen molar-refractivity contribution in [3.63, 3.8) is 0 Å². The van der Waals surface area contributed by atoms with Gasteiger partial charge in [-0.15, -0.1) is 11.8 Å². The van der Waals surface area contributed by atoms with Gasteiger partial charge >= 0.3 is 0 Å². The Labute approximate surface area is 186 Å². The zero-order chi connectivity index (χ0) is 21.4. The third-order valence-electron chi connectivity index (χ3n) is 8.13. The zero-order valence-corrected chi connectivity index (χ0v) is 19.1. The Hall–Kier alpha value is -0.830. The highest BCUT2D eigenvalue weighted by Crippen LogP contribution is 2.55. The molecule has 30 heavy (non-hydrogen) atoms. The van der Waals surface area contributed by atoms with E-state index in [9.17, 15) is 20.3 Å². The zero-order valence-electron chi connectivity index (χ0n) is 18.3. The summed E-state index contributed by atoms with van der Waals surface area (Å²) in [5, 5.41) is 34.0. The van der Waals surface area contributed by atoms with Gasteiger partial charge in [0.05, 0.1) is 24.2 Å². The number of carbonyl (C=O) groups is 1. The molecule has 0 bridgehead atoms. The Morgan fingerprint density at radius 2 is 1.93 bits per heavy atom. The summed E-state index contributed by atoms with van der Waals surface area (Å²) in [5.41, 5.74) is 0.0958. The number of hydrogen-bond acceptors (Lipinski definition) is 5. The van der Waals surface area contributed by atoms with Crippen molar-refractivity contribution in [2.24, 2.45) is 23.2 Å². The first-order valence-electron chi connectivity index (χ1n) is 12.1. The number of thioether (sulfide) groups is 1. The van der Waals surface area contributed by atoms with Crippen LogP contribution in [0.2, 0.25) is 0 Å². The minimum Gasteiger partial charge on any atom is -0.393 e. The fourth-order valence-electron chi connectivity index (χ4n) is 6.17. The largest absolute Gasteiger partial charge is 0.393 e. The fraction of sp³-hybridized carbons (Fsp3) is 0.840. The summed E-state index contributed by atoms with van der Waals surface area (Å²) in [4.78, 5) is 10.4. The molecule has 168 valence electrons. The van der Waals surface area contributed by atoms with Crippen molar-refractivity contribution in [1.29, 1.82) is 5.26 Å². The van der Waals surface area contributed by atoms with E-state index in [2.05, 4.69) is 17.6 Å². The van der Waals surface area contributed by atoms with Crippen LogP contribution in [0.1, 0.15) is 89.9 Å². The normalized spacial score (nSPS) is 33.2. The Morgan fingerprint density at radius 1 is 1.17 bits per heavy atom. The predicted octanol–water partition coefficient (Wildman–Crippen LogP) is 5.38. The van der Waals surface area contributed by atoms with Gasteiger partial charge in [0, 0.05) is 17.1 Å². The van der Waals surface area contributed by atoms with Gasteiger partial charge in [-0.2, -0.15) is 5.26 Å². The standard InChI is InChI=1S/C25H39NO3S/c26-18-19-17-22(28)21(20(19)9-4-2-1-3-5-15-27)10-6-11-23(29)25(13-8-14-25)24-12-7-16-30-24/h7,15-16,19-24,28-29H,1-6,8-14,17H2/t19?,20-,21?,22+,23?,24?/m0/s1. The Balaban J connectivity index is 1.46. The number of hydrogen-bond donors (Lipinski definition) is 2. The highest BCUT2D eigenvalue weighted by Gasteiger charge is 2.49. The molecule has 5 heteroatoms. The first kappa shape index (κ1) is 23.8. The van der Waals surface area contributed by atoms with E-state index in [0.29, 0.717) is 18.1 Å². The third-order valence-corrected chi connectivity index (χ3v) is 9.47. The maximum absolute atomic E-state index is 11.0. The summed E-state index contributed by atoms with van der Waals surface area (Å²) in [6.07, 6.45) is 16.3. The van der Waals surface area contributed by atoms with Crippen LogP contribution in [0.5, 0.6) is 0 Å². The molecule has 0 radical (unpaired) electrons. The van der Waals surface area contributed by atoms with Crippen molar-refractivity contribution < 1.29 is 15.0 Å². The lowest BCUT2D eigenvalue weighted by Gasteiger charge is -2.49. The van der Waals surface area contributed by atoms with Crippen LogP contribution in [0.15, 0.2) is 11.5 Å². The number of unbranched alkanes of at least 4 members (excludes halogenated alkanes) is 4. The molecule has 3 rings (SSSR count). The average molecular weight is 434 g/mol. The molecule has 0 saturated heterocycles. The molecule has 3 aliphatic rings. The van der Waals surface area contributed by atoms with Crippen LogP contribution in [0.3, 0.4) is 0 Å². The van der Waals surface area contributed by atoms with Gasteiger partial charge in [0.1, 0.15) is 6.29 Å². The van der Waals surface area contributed by atoms with E-state index in [1.807, 2.05) is 11.8 Å². The number of rotatable bonds is 13. The highest BCUT2D eigenvalue weighted by molar-refractivity contribution is 8.03. The van der Waals surface area contributed by atoms with Crippen molar-refractivity contribution in [1.82, 2.24) is 0 Å². The topological polar surface area (TPSA) is 81.3 Å². The number of nitriles is 1. The number of allylic oxidation sites excluding steroid dienone is 1. The Kier molecular flexibility index (Phi) is 9.29. The van der Waals surface area contributed by atoms with Gasteiger partial charge in [0.25, 0.3) is 0 Å². The van der Waals surface area contributed by atoms with Crippen molar-refractivity contribution in [3.8, 4) is 6.07 Å². The van der Waals surface area contributed by atoms with Crippen LogP contribution >= 0.6 is 11.8 Å². The van der Waals surface area contributed by atoms with E-state index in [4.69, 9.17) is 0 Å². The summed E-state index contributed by atoms with van der Waals surface area (Å²) < 4.78 is 0. The molecule has 0 aromatic heterocycles. The number of aldehydes is 1. The van der Waals surface area contributed by atoms with Crippen LogP contribution in [-0.2, 0) is 4.79 Å². The molecule has 2 fully saturated rings. The fourth-order valence-corrected chi connectivity index (χ4v) is 7.47. The van der Waals surface area contributed by atoms with E-state index in [-0.39, 0.29) is 35.4 Å². The summed E-state index contributed by atoms with van der Waals surface area (Å²) in [7, 11) is 0. The minimum atomic E-state index is -0.376. The summed E-state index contributed by atoms with van der Waals surface area (Å²) in [6.45, 7) is 0. The number of aliphatic hydroxyl groups excluding tert-OH is 2. The summed E-state index contributed by atoms with van der Waals surface area (Å²) >= 11 is 1.90. The Bertz CT molecular complexity index is 604. The number of aliphatic hydroxyl groups is 2. The van der Waals surface area contributed by atoms with Crippen molar-refractivity contribution in [2.45, 2.75) is 107 Å². The van der Waals surface area contributed by atoms with Crippen LogP contribution in [-0.4, -0.2) is 34.0 Å². The van der Waals surface area contributed by atoms with Crippen LogP contribution in [0.4, 0.5) is 0 Å². The molecular formula is C25H39NO3S. The second-order valence-corrected chi connectivity index (χ2v) is 10.9. The first-order chi connectivity index (χ1) is 14.6. The van der Waals surface area contributed by atoms with Gasteiger partial charge < -0.3 is 15.0 Å². The molecule has 0 aromatic carbocycles. The van der Waals surface area contributed by atoms with Gasteiger partial charge in [0.15, 0.2) is 0 Å². The van der Waals surface area contributed by atoms with Gasteiger partial charge in [-0.25, -0.2) is 0 Å². The summed E-state index contributed by atoms with van der Waals surface area (Å²) in [6, 6.07) is 2.45. The molecule has 6 atom stereocenters. The SMILES string of the molecule is N#CC1C[C@@H](O)C(CCCC(O)C2(C3CC=CS3)CCC2)[C@H]1CCCCCCC=O. The third kappa shape index (κ3) is 5.50. The van der Waals surface area contributed by atoms with Crippen molar-refractivity contribution in [3.05, 3.63) is 11.5 Å². The highest BCUT2D eigenvalue weighted by atomic mass is 32.2. The lowest BCUT2D eigenvalue weighted by Crippen LogP contribution is -2.48. The van der Waals surface area contributed by atoms with Crippen LogP contribution in [0.25, 0.3) is 0 Å². The molecule has 0 aromatic rings. The van der Waals surface area contributed by atoms with E-state index in [0.717, 1.165) is 76.9 Å². The van der Waals surface area contributed by atoms with E-state index in [1.165, 1.54) is 6.42 Å². The van der Waals surface area contributed by atoms with Crippen LogP contribution < -0.4 is 0 Å². The number of nitrogens with zero attached hydrogens (tertiary/aromatic N) is 1. The molecular weight excluding hydrogens is 394 g/mol. The molecule has 1 aliphatic heterocycles. The van der Waals surface area contributed by atoms with E-state index >= 15 is 0 Å². The summed E-state index contributed by atoms with van der Waals surface area (Å²) in [5.74, 6) is 0.431. The Morgan fingerprint density at radius 3 is 2.57 bits per heavy atom. The van der Waals surface area contributed by atoms with Crippen molar-refractivity contribution in [2.75, 3.05) is 0 Å². The van der Waals surface area contributed by atoms with Gasteiger partial charge in [-0.05, 0) is 68.6 Å². The smallest absolute Gasteiger partial charge is 0.119 e. The monoisotopic (exact) mass is 433 g/mol. The molecule has 4 unspecified atom stereocenters. The lowest BCUT2D eigenvalue weighted by atomic mass is 9.61. The van der Waals surface area contributed by atoms with Gasteiger partial charge in [0.2, 0.25) is 0 Å². The maximum Gasteiger partial charge on any atom is 0.119 e. The van der Waals surface area contributed by atoms with Crippen LogP contribution in [0, 0.1) is 34.5 Å². The molecule has 1 heterocycles. The first-order valence-corrected chi connectivity index (χ1v) is 13.1. The minimum absolute atomic E-state index is 0.0381. The molecule has 0 spiro atoms. The second-order valence-electron chi connectivity index (χ2n) is 9.79. The predicted molar refractivity (Wildman–Crippen MR) is 122 cm³/mol. The molecule has 2 aliphatic carbocycles.